The lowest BCUT2D eigenvalue weighted by Gasteiger charge is -2.25. The van der Waals surface area contributed by atoms with Crippen LogP contribution in [-0.2, 0) is 10.0 Å². The van der Waals surface area contributed by atoms with Gasteiger partial charge in [-0.1, -0.05) is 47.5 Å². The second-order valence-electron chi connectivity index (χ2n) is 4.68. The van der Waals surface area contributed by atoms with Crippen LogP contribution in [0.4, 0.5) is 0 Å². The lowest BCUT2D eigenvalue weighted by Crippen LogP contribution is -2.30. The summed E-state index contributed by atoms with van der Waals surface area (Å²) in [6.45, 7) is 1.79. The molecular weight excluding hydrogens is 329 g/mol. The Bertz CT molecular complexity index is 733. The van der Waals surface area contributed by atoms with Gasteiger partial charge in [-0.25, -0.2) is 8.42 Å². The molecule has 0 aromatic heterocycles. The zero-order chi connectivity index (χ0) is 15.6. The van der Waals surface area contributed by atoms with Gasteiger partial charge in [-0.05, 0) is 36.8 Å². The van der Waals surface area contributed by atoms with Gasteiger partial charge in [-0.3, -0.25) is 0 Å². The molecule has 2 aromatic rings. The van der Waals surface area contributed by atoms with Crippen LogP contribution in [0.5, 0.6) is 0 Å². The van der Waals surface area contributed by atoms with Crippen molar-refractivity contribution >= 4 is 33.2 Å². The van der Waals surface area contributed by atoms with Gasteiger partial charge in [-0.2, -0.15) is 4.31 Å². The summed E-state index contributed by atoms with van der Waals surface area (Å²) in [5.41, 5.74) is 0.711. The summed E-state index contributed by atoms with van der Waals surface area (Å²) in [6.07, 6.45) is 0. The lowest BCUT2D eigenvalue weighted by atomic mass is 10.1. The Balaban J connectivity index is 2.37. The molecule has 0 saturated heterocycles. The molecule has 2 rings (SSSR count). The Hall–Kier alpha value is -1.07. The Labute approximate surface area is 135 Å². The normalized spacial score (nSPS) is 13.4. The fourth-order valence-electron chi connectivity index (χ4n) is 2.00. The van der Waals surface area contributed by atoms with E-state index in [2.05, 4.69) is 0 Å². The summed E-state index contributed by atoms with van der Waals surface area (Å²) < 4.78 is 26.5. The number of halogens is 2. The summed E-state index contributed by atoms with van der Waals surface area (Å²) in [6, 6.07) is 13.0. The molecule has 3 nitrogen and oxygen atoms in total. The van der Waals surface area contributed by atoms with Crippen molar-refractivity contribution in [2.45, 2.75) is 17.9 Å². The second-order valence-corrected chi connectivity index (χ2v) is 7.52. The van der Waals surface area contributed by atoms with E-state index in [1.54, 1.807) is 55.5 Å². The molecule has 112 valence electrons. The zero-order valence-electron chi connectivity index (χ0n) is 11.6. The first-order valence-corrected chi connectivity index (χ1v) is 8.51. The molecule has 0 saturated carbocycles. The van der Waals surface area contributed by atoms with Crippen LogP contribution in [-0.4, -0.2) is 19.8 Å². The van der Waals surface area contributed by atoms with Gasteiger partial charge in [-0.15, -0.1) is 0 Å². The second kappa shape index (κ2) is 6.36. The topological polar surface area (TPSA) is 37.4 Å². The summed E-state index contributed by atoms with van der Waals surface area (Å²) in [7, 11) is -2.03. The van der Waals surface area contributed by atoms with Crippen molar-refractivity contribution in [3.8, 4) is 0 Å². The van der Waals surface area contributed by atoms with Gasteiger partial charge in [0, 0.05) is 23.1 Å². The van der Waals surface area contributed by atoms with Gasteiger partial charge in [0.2, 0.25) is 10.0 Å². The number of benzene rings is 2. The summed E-state index contributed by atoms with van der Waals surface area (Å²) >= 11 is 12.0. The van der Waals surface area contributed by atoms with Gasteiger partial charge in [0.25, 0.3) is 0 Å². The standard InChI is InChI=1S/C15H15Cl2NO2S/c1-11(14-9-8-12(16)10-15(14)17)18(2)21(19,20)13-6-4-3-5-7-13/h3-11H,1-2H3. The number of hydrogen-bond acceptors (Lipinski definition) is 2. The maximum atomic E-state index is 12.6. The molecule has 21 heavy (non-hydrogen) atoms. The summed E-state index contributed by atoms with van der Waals surface area (Å²) in [5.74, 6) is 0. The first-order chi connectivity index (χ1) is 9.84. The van der Waals surface area contributed by atoms with Gasteiger partial charge < -0.3 is 0 Å². The minimum absolute atomic E-state index is 0.254. The van der Waals surface area contributed by atoms with Crippen molar-refractivity contribution in [3.63, 3.8) is 0 Å². The van der Waals surface area contributed by atoms with Crippen LogP contribution >= 0.6 is 23.2 Å². The first-order valence-electron chi connectivity index (χ1n) is 6.32. The molecular formula is C15H15Cl2NO2S. The summed E-state index contributed by atoms with van der Waals surface area (Å²) in [4.78, 5) is 0.254. The smallest absolute Gasteiger partial charge is 0.207 e. The molecule has 0 amide bonds. The number of sulfonamides is 1. The van der Waals surface area contributed by atoms with Gasteiger partial charge in [0.05, 0.1) is 4.90 Å². The predicted molar refractivity (Wildman–Crippen MR) is 86.3 cm³/mol. The molecule has 0 fully saturated rings. The van der Waals surface area contributed by atoms with Crippen molar-refractivity contribution in [3.05, 3.63) is 64.1 Å². The molecule has 0 radical (unpaired) electrons. The first kappa shape index (κ1) is 16.3. The third-order valence-corrected chi connectivity index (χ3v) is 5.88. The molecule has 0 N–H and O–H groups in total. The van der Waals surface area contributed by atoms with E-state index in [9.17, 15) is 8.42 Å². The quantitative estimate of drug-likeness (QED) is 0.826. The van der Waals surface area contributed by atoms with E-state index in [1.807, 2.05) is 0 Å². The fourth-order valence-corrected chi connectivity index (χ4v) is 3.93. The van der Waals surface area contributed by atoms with Crippen molar-refractivity contribution in [1.29, 1.82) is 0 Å². The molecule has 0 bridgehead atoms. The molecule has 6 heteroatoms. The molecule has 2 aromatic carbocycles. The summed E-state index contributed by atoms with van der Waals surface area (Å²) in [5, 5.41) is 0.967. The van der Waals surface area contributed by atoms with Gasteiger partial charge >= 0.3 is 0 Å². The average molecular weight is 344 g/mol. The van der Waals surface area contributed by atoms with Crippen molar-refractivity contribution < 1.29 is 8.42 Å². The maximum Gasteiger partial charge on any atom is 0.243 e. The largest absolute Gasteiger partial charge is 0.243 e. The van der Waals surface area contributed by atoms with E-state index in [1.165, 1.54) is 11.4 Å². The minimum Gasteiger partial charge on any atom is -0.207 e. The highest BCUT2D eigenvalue weighted by molar-refractivity contribution is 7.89. The third kappa shape index (κ3) is 3.40. The van der Waals surface area contributed by atoms with E-state index < -0.39 is 16.1 Å². The number of hydrogen-bond donors (Lipinski definition) is 0. The van der Waals surface area contributed by atoms with Gasteiger partial charge in [0.1, 0.15) is 0 Å². The van der Waals surface area contributed by atoms with Crippen molar-refractivity contribution in [2.75, 3.05) is 7.05 Å². The molecule has 0 heterocycles. The molecule has 0 spiro atoms. The molecule has 0 aliphatic rings. The van der Waals surface area contributed by atoms with E-state index in [0.717, 1.165) is 0 Å². The van der Waals surface area contributed by atoms with Crippen molar-refractivity contribution in [2.24, 2.45) is 0 Å². The van der Waals surface area contributed by atoms with E-state index >= 15 is 0 Å². The maximum absolute atomic E-state index is 12.6. The zero-order valence-corrected chi connectivity index (χ0v) is 14.0. The highest BCUT2D eigenvalue weighted by Crippen LogP contribution is 2.31. The molecule has 1 atom stereocenters. The Morgan fingerprint density at radius 1 is 1.05 bits per heavy atom. The average Bonchev–Trinajstić information content (AvgIpc) is 2.46. The third-order valence-electron chi connectivity index (χ3n) is 3.38. The van der Waals surface area contributed by atoms with E-state index in [-0.39, 0.29) is 4.90 Å². The van der Waals surface area contributed by atoms with E-state index in [0.29, 0.717) is 15.6 Å². The molecule has 0 aliphatic heterocycles. The lowest BCUT2D eigenvalue weighted by molar-refractivity contribution is 0.398. The highest BCUT2D eigenvalue weighted by Gasteiger charge is 2.27. The number of rotatable bonds is 4. The Morgan fingerprint density at radius 2 is 1.67 bits per heavy atom. The van der Waals surface area contributed by atoms with Crippen LogP contribution in [0.15, 0.2) is 53.4 Å². The van der Waals surface area contributed by atoms with Crippen LogP contribution < -0.4 is 0 Å². The Kier molecular flexibility index (Phi) is 4.94. The SMILES string of the molecule is CC(c1ccc(Cl)cc1Cl)N(C)S(=O)(=O)c1ccccc1. The Morgan fingerprint density at radius 3 is 2.24 bits per heavy atom. The van der Waals surface area contributed by atoms with Crippen LogP contribution in [0.2, 0.25) is 10.0 Å². The molecule has 1 unspecified atom stereocenters. The minimum atomic E-state index is -3.57. The fraction of sp³-hybridized carbons (Fsp3) is 0.200. The van der Waals surface area contributed by atoms with Crippen LogP contribution in [0.1, 0.15) is 18.5 Å². The number of nitrogens with zero attached hydrogens (tertiary/aromatic N) is 1. The highest BCUT2D eigenvalue weighted by atomic mass is 35.5. The molecule has 0 aliphatic carbocycles. The van der Waals surface area contributed by atoms with Crippen LogP contribution in [0, 0.1) is 0 Å². The van der Waals surface area contributed by atoms with Crippen LogP contribution in [0.3, 0.4) is 0 Å². The predicted octanol–water partition coefficient (Wildman–Crippen LogP) is 4.38. The van der Waals surface area contributed by atoms with Crippen LogP contribution in [0.25, 0.3) is 0 Å². The van der Waals surface area contributed by atoms with Gasteiger partial charge in [0.15, 0.2) is 0 Å². The van der Waals surface area contributed by atoms with E-state index in [4.69, 9.17) is 23.2 Å². The van der Waals surface area contributed by atoms with Crippen molar-refractivity contribution in [1.82, 2.24) is 4.31 Å². The monoisotopic (exact) mass is 343 g/mol.